The van der Waals surface area contributed by atoms with E-state index in [1.165, 1.54) is 19.1 Å². The molecule has 3 N–H and O–H groups in total. The highest BCUT2D eigenvalue weighted by molar-refractivity contribution is 6.31. The van der Waals surface area contributed by atoms with Gasteiger partial charge in [0.2, 0.25) is 0 Å². The van der Waals surface area contributed by atoms with E-state index in [0.29, 0.717) is 0 Å². The summed E-state index contributed by atoms with van der Waals surface area (Å²) in [5, 5.41) is 9.18. The fourth-order valence-electron chi connectivity index (χ4n) is 1.12. The van der Waals surface area contributed by atoms with Gasteiger partial charge in [-0.25, -0.2) is 4.39 Å². The number of hydrogen-bond donors (Lipinski definition) is 2. The van der Waals surface area contributed by atoms with Gasteiger partial charge >= 0.3 is 0 Å². The Labute approximate surface area is 81.1 Å². The van der Waals surface area contributed by atoms with Crippen LogP contribution in [0.4, 0.5) is 4.39 Å². The van der Waals surface area contributed by atoms with Crippen molar-refractivity contribution in [2.45, 2.75) is 12.5 Å². The SMILES string of the molecule is C[C@@](N)(CO)c1c(F)cccc1Cl. The normalized spacial score (nSPS) is 15.5. The highest BCUT2D eigenvalue weighted by atomic mass is 35.5. The van der Waals surface area contributed by atoms with Crippen LogP contribution >= 0.6 is 11.6 Å². The summed E-state index contributed by atoms with van der Waals surface area (Å²) in [5.41, 5.74) is 4.68. The van der Waals surface area contributed by atoms with Crippen molar-refractivity contribution >= 4 is 11.6 Å². The van der Waals surface area contributed by atoms with Crippen LogP contribution in [0.5, 0.6) is 0 Å². The molecule has 0 aliphatic heterocycles. The number of aliphatic hydroxyl groups is 1. The fraction of sp³-hybridized carbons (Fsp3) is 0.333. The van der Waals surface area contributed by atoms with Crippen LogP contribution in [0.2, 0.25) is 5.02 Å². The van der Waals surface area contributed by atoms with Gasteiger partial charge in [0.15, 0.2) is 0 Å². The summed E-state index contributed by atoms with van der Waals surface area (Å²) in [6.07, 6.45) is 0. The predicted octanol–water partition coefficient (Wildman–Crippen LogP) is 1.65. The van der Waals surface area contributed by atoms with Crippen LogP contribution < -0.4 is 5.73 Å². The van der Waals surface area contributed by atoms with Gasteiger partial charge in [-0.2, -0.15) is 0 Å². The molecule has 1 aromatic rings. The molecule has 2 nitrogen and oxygen atoms in total. The predicted molar refractivity (Wildman–Crippen MR) is 50.0 cm³/mol. The van der Waals surface area contributed by atoms with Gasteiger partial charge in [0.1, 0.15) is 5.82 Å². The summed E-state index contributed by atoms with van der Waals surface area (Å²) in [6.45, 7) is 1.17. The lowest BCUT2D eigenvalue weighted by Gasteiger charge is -2.23. The molecule has 0 aromatic heterocycles. The first-order valence-corrected chi connectivity index (χ1v) is 4.21. The smallest absolute Gasteiger partial charge is 0.129 e. The number of nitrogens with two attached hydrogens (primary N) is 1. The quantitative estimate of drug-likeness (QED) is 0.768. The monoisotopic (exact) mass is 203 g/mol. The maximum absolute atomic E-state index is 13.3. The maximum atomic E-state index is 13.3. The van der Waals surface area contributed by atoms with Crippen molar-refractivity contribution < 1.29 is 9.50 Å². The van der Waals surface area contributed by atoms with E-state index in [-0.39, 0.29) is 17.2 Å². The van der Waals surface area contributed by atoms with Gasteiger partial charge in [0.05, 0.1) is 12.1 Å². The Bertz CT molecular complexity index is 294. The average Bonchev–Trinajstić information content (AvgIpc) is 2.03. The van der Waals surface area contributed by atoms with Crippen LogP contribution in [-0.2, 0) is 5.54 Å². The minimum Gasteiger partial charge on any atom is -0.394 e. The molecule has 0 spiro atoms. The largest absolute Gasteiger partial charge is 0.394 e. The molecule has 0 fully saturated rings. The second-order valence-electron chi connectivity index (χ2n) is 3.17. The van der Waals surface area contributed by atoms with E-state index in [0.717, 1.165) is 0 Å². The van der Waals surface area contributed by atoms with E-state index < -0.39 is 11.4 Å². The van der Waals surface area contributed by atoms with E-state index in [1.54, 1.807) is 6.07 Å². The molecule has 0 bridgehead atoms. The zero-order chi connectivity index (χ0) is 10.1. The molecule has 13 heavy (non-hydrogen) atoms. The third kappa shape index (κ3) is 1.99. The van der Waals surface area contributed by atoms with E-state index >= 15 is 0 Å². The second kappa shape index (κ2) is 3.62. The van der Waals surface area contributed by atoms with Gasteiger partial charge in [-0.15, -0.1) is 0 Å². The van der Waals surface area contributed by atoms with Crippen LogP contribution in [0.15, 0.2) is 18.2 Å². The zero-order valence-electron chi connectivity index (χ0n) is 7.22. The van der Waals surface area contributed by atoms with Crippen molar-refractivity contribution in [2.24, 2.45) is 5.73 Å². The maximum Gasteiger partial charge on any atom is 0.129 e. The lowest BCUT2D eigenvalue weighted by Crippen LogP contribution is -2.38. The van der Waals surface area contributed by atoms with Crippen LogP contribution in [0.25, 0.3) is 0 Å². The highest BCUT2D eigenvalue weighted by Crippen LogP contribution is 2.28. The van der Waals surface area contributed by atoms with Crippen LogP contribution in [-0.4, -0.2) is 11.7 Å². The minimum absolute atomic E-state index is 0.152. The first kappa shape index (κ1) is 10.4. The summed E-state index contributed by atoms with van der Waals surface area (Å²) < 4.78 is 13.3. The first-order chi connectivity index (χ1) is 5.99. The molecular weight excluding hydrogens is 193 g/mol. The van der Waals surface area contributed by atoms with Crippen molar-refractivity contribution in [3.8, 4) is 0 Å². The second-order valence-corrected chi connectivity index (χ2v) is 3.58. The van der Waals surface area contributed by atoms with Gasteiger partial charge in [0.25, 0.3) is 0 Å². The van der Waals surface area contributed by atoms with Gasteiger partial charge in [-0.3, -0.25) is 0 Å². The van der Waals surface area contributed by atoms with Crippen molar-refractivity contribution in [1.29, 1.82) is 0 Å². The Hall–Kier alpha value is -0.640. The molecule has 0 heterocycles. The van der Waals surface area contributed by atoms with Crippen LogP contribution in [0, 0.1) is 5.82 Å². The van der Waals surface area contributed by atoms with Gasteiger partial charge in [-0.05, 0) is 19.1 Å². The van der Waals surface area contributed by atoms with E-state index in [1.807, 2.05) is 0 Å². The molecule has 4 heteroatoms. The molecule has 0 amide bonds. The van der Waals surface area contributed by atoms with E-state index in [4.69, 9.17) is 22.4 Å². The summed E-state index contributed by atoms with van der Waals surface area (Å²) in [7, 11) is 0. The number of halogens is 2. The van der Waals surface area contributed by atoms with Crippen molar-refractivity contribution in [3.63, 3.8) is 0 Å². The summed E-state index contributed by atoms with van der Waals surface area (Å²) in [5.74, 6) is -0.494. The lowest BCUT2D eigenvalue weighted by atomic mass is 9.94. The Morgan fingerprint density at radius 2 is 2.23 bits per heavy atom. The van der Waals surface area contributed by atoms with Crippen molar-refractivity contribution in [1.82, 2.24) is 0 Å². The van der Waals surface area contributed by atoms with Crippen LogP contribution in [0.3, 0.4) is 0 Å². The summed E-state index contributed by atoms with van der Waals surface area (Å²) in [4.78, 5) is 0. The highest BCUT2D eigenvalue weighted by Gasteiger charge is 2.26. The van der Waals surface area contributed by atoms with Crippen molar-refractivity contribution in [2.75, 3.05) is 6.61 Å². The number of benzene rings is 1. The summed E-state index contributed by atoms with van der Waals surface area (Å²) >= 11 is 5.76. The zero-order valence-corrected chi connectivity index (χ0v) is 7.98. The molecule has 0 aliphatic carbocycles. The van der Waals surface area contributed by atoms with Crippen LogP contribution in [0.1, 0.15) is 12.5 Å². The van der Waals surface area contributed by atoms with Gasteiger partial charge in [0, 0.05) is 10.6 Å². The van der Waals surface area contributed by atoms with Gasteiger partial charge < -0.3 is 10.8 Å². The Morgan fingerprint density at radius 3 is 2.69 bits per heavy atom. The van der Waals surface area contributed by atoms with E-state index in [2.05, 4.69) is 0 Å². The minimum atomic E-state index is -1.14. The molecular formula is C9H11ClFNO. The molecule has 1 aromatic carbocycles. The van der Waals surface area contributed by atoms with E-state index in [9.17, 15) is 4.39 Å². The topological polar surface area (TPSA) is 46.2 Å². The molecule has 0 aliphatic rings. The molecule has 0 saturated carbocycles. The Morgan fingerprint density at radius 1 is 1.62 bits per heavy atom. The Balaban J connectivity index is 3.28. The standard InChI is InChI=1S/C9H11ClFNO/c1-9(12,5-13)8-6(10)3-2-4-7(8)11/h2-4,13H,5,12H2,1H3/t9-/m1/s1. The number of hydrogen-bond acceptors (Lipinski definition) is 2. The lowest BCUT2D eigenvalue weighted by molar-refractivity contribution is 0.206. The van der Waals surface area contributed by atoms with Gasteiger partial charge in [-0.1, -0.05) is 17.7 Å². The molecule has 0 unspecified atom stereocenters. The van der Waals surface area contributed by atoms with Crippen molar-refractivity contribution in [3.05, 3.63) is 34.6 Å². The third-order valence-electron chi connectivity index (χ3n) is 1.86. The molecule has 72 valence electrons. The number of aliphatic hydroxyl groups excluding tert-OH is 1. The number of rotatable bonds is 2. The average molecular weight is 204 g/mol. The molecule has 1 rings (SSSR count). The molecule has 1 atom stereocenters. The molecule has 0 saturated heterocycles. The summed E-state index contributed by atoms with van der Waals surface area (Å²) in [6, 6.07) is 4.30. The Kier molecular flexibility index (Phi) is 2.91. The third-order valence-corrected chi connectivity index (χ3v) is 2.18. The first-order valence-electron chi connectivity index (χ1n) is 3.83. The molecule has 0 radical (unpaired) electrons. The fourth-order valence-corrected chi connectivity index (χ4v) is 1.50.